The molecule has 1 aromatic rings. The Morgan fingerprint density at radius 1 is 1.40 bits per heavy atom. The van der Waals surface area contributed by atoms with E-state index in [0.29, 0.717) is 32.2 Å². The first kappa shape index (κ1) is 19.2. The fourth-order valence-electron chi connectivity index (χ4n) is 2.99. The van der Waals surface area contributed by atoms with E-state index in [1.54, 1.807) is 18.9 Å². The summed E-state index contributed by atoms with van der Waals surface area (Å²) >= 11 is 0. The maximum absolute atomic E-state index is 12.7. The zero-order valence-electron chi connectivity index (χ0n) is 15.6. The summed E-state index contributed by atoms with van der Waals surface area (Å²) in [7, 11) is 1.76. The van der Waals surface area contributed by atoms with Crippen LogP contribution >= 0.6 is 0 Å². The van der Waals surface area contributed by atoms with Gasteiger partial charge in [-0.25, -0.2) is 4.79 Å². The molecule has 2 rings (SSSR count). The molecule has 6 nitrogen and oxygen atoms in total. The van der Waals surface area contributed by atoms with Crippen molar-refractivity contribution >= 4 is 17.6 Å². The van der Waals surface area contributed by atoms with Crippen LogP contribution in [0.4, 0.5) is 10.5 Å². The quantitative estimate of drug-likeness (QED) is 0.891. The molecule has 1 atom stereocenters. The molecule has 0 spiro atoms. The third-order valence-corrected chi connectivity index (χ3v) is 4.37. The standard InChI is InChI=1S/C19H29N3O3/c1-14(2)10-18-13-25-9-8-22(18)19(24)20-17-7-5-6-16(11-17)12-21(4)15(3)23/h5-7,11,14,18H,8-10,12-13H2,1-4H3,(H,20,24). The fraction of sp³-hybridized carbons (Fsp3) is 0.579. The van der Waals surface area contributed by atoms with Gasteiger partial charge in [0.2, 0.25) is 5.91 Å². The number of carbonyl (C=O) groups excluding carboxylic acids is 2. The van der Waals surface area contributed by atoms with Crippen LogP contribution in [0, 0.1) is 5.92 Å². The van der Waals surface area contributed by atoms with Gasteiger partial charge in [0.05, 0.1) is 19.3 Å². The predicted molar refractivity (Wildman–Crippen MR) is 98.4 cm³/mol. The minimum absolute atomic E-state index is 0.0132. The summed E-state index contributed by atoms with van der Waals surface area (Å²) in [6.45, 7) is 8.14. The molecule has 0 bridgehead atoms. The molecule has 0 radical (unpaired) electrons. The van der Waals surface area contributed by atoms with Gasteiger partial charge in [-0.15, -0.1) is 0 Å². The summed E-state index contributed by atoms with van der Waals surface area (Å²) in [5.41, 5.74) is 1.73. The summed E-state index contributed by atoms with van der Waals surface area (Å²) in [6.07, 6.45) is 0.927. The molecular weight excluding hydrogens is 318 g/mol. The third kappa shape index (κ3) is 5.74. The molecule has 1 fully saturated rings. The maximum atomic E-state index is 12.7. The number of benzene rings is 1. The molecule has 0 aliphatic carbocycles. The molecule has 1 N–H and O–H groups in total. The highest BCUT2D eigenvalue weighted by molar-refractivity contribution is 5.89. The first-order valence-electron chi connectivity index (χ1n) is 8.83. The molecule has 1 aromatic carbocycles. The van der Waals surface area contributed by atoms with Crippen LogP contribution < -0.4 is 5.32 Å². The van der Waals surface area contributed by atoms with Crippen molar-refractivity contribution in [1.82, 2.24) is 9.80 Å². The molecule has 25 heavy (non-hydrogen) atoms. The highest BCUT2D eigenvalue weighted by Gasteiger charge is 2.27. The van der Waals surface area contributed by atoms with Gasteiger partial charge >= 0.3 is 6.03 Å². The number of anilines is 1. The third-order valence-electron chi connectivity index (χ3n) is 4.37. The van der Waals surface area contributed by atoms with Crippen molar-refractivity contribution in [2.45, 2.75) is 39.8 Å². The number of nitrogens with zero attached hydrogens (tertiary/aromatic N) is 2. The lowest BCUT2D eigenvalue weighted by Gasteiger charge is -2.36. The van der Waals surface area contributed by atoms with Gasteiger partial charge in [0, 0.05) is 32.7 Å². The number of ether oxygens (including phenoxy) is 1. The van der Waals surface area contributed by atoms with Crippen molar-refractivity contribution in [1.29, 1.82) is 0 Å². The van der Waals surface area contributed by atoms with E-state index in [2.05, 4.69) is 19.2 Å². The Hall–Kier alpha value is -2.08. The minimum atomic E-state index is -0.0916. The van der Waals surface area contributed by atoms with Crippen molar-refractivity contribution in [3.8, 4) is 0 Å². The van der Waals surface area contributed by atoms with Crippen LogP contribution in [0.15, 0.2) is 24.3 Å². The summed E-state index contributed by atoms with van der Waals surface area (Å²) in [5.74, 6) is 0.520. The van der Waals surface area contributed by atoms with E-state index in [9.17, 15) is 9.59 Å². The highest BCUT2D eigenvalue weighted by atomic mass is 16.5. The average Bonchev–Trinajstić information content (AvgIpc) is 2.55. The van der Waals surface area contributed by atoms with E-state index in [0.717, 1.165) is 17.7 Å². The number of hydrogen-bond donors (Lipinski definition) is 1. The molecule has 0 aromatic heterocycles. The Morgan fingerprint density at radius 3 is 2.84 bits per heavy atom. The Balaban J connectivity index is 2.02. The first-order valence-corrected chi connectivity index (χ1v) is 8.83. The van der Waals surface area contributed by atoms with Crippen LogP contribution in [-0.4, -0.2) is 54.6 Å². The molecule has 1 aliphatic heterocycles. The number of morpholine rings is 1. The molecular formula is C19H29N3O3. The molecule has 3 amide bonds. The lowest BCUT2D eigenvalue weighted by molar-refractivity contribution is -0.128. The maximum Gasteiger partial charge on any atom is 0.322 e. The van der Waals surface area contributed by atoms with Crippen molar-refractivity contribution in [2.24, 2.45) is 5.92 Å². The van der Waals surface area contributed by atoms with Gasteiger partial charge in [-0.2, -0.15) is 0 Å². The summed E-state index contributed by atoms with van der Waals surface area (Å²) in [6, 6.07) is 7.64. The Morgan fingerprint density at radius 2 is 2.16 bits per heavy atom. The largest absolute Gasteiger partial charge is 0.377 e. The topological polar surface area (TPSA) is 61.9 Å². The smallest absolute Gasteiger partial charge is 0.322 e. The zero-order valence-corrected chi connectivity index (χ0v) is 15.6. The van der Waals surface area contributed by atoms with Gasteiger partial charge in [-0.05, 0) is 30.0 Å². The van der Waals surface area contributed by atoms with Crippen molar-refractivity contribution in [2.75, 3.05) is 32.1 Å². The second kappa shape index (κ2) is 8.85. The Bertz CT molecular complexity index is 603. The average molecular weight is 347 g/mol. The van der Waals surface area contributed by atoms with E-state index < -0.39 is 0 Å². The first-order chi connectivity index (χ1) is 11.9. The minimum Gasteiger partial charge on any atom is -0.377 e. The highest BCUT2D eigenvalue weighted by Crippen LogP contribution is 2.18. The lowest BCUT2D eigenvalue weighted by Crippen LogP contribution is -2.50. The van der Waals surface area contributed by atoms with Crippen LogP contribution in [0.3, 0.4) is 0 Å². The van der Waals surface area contributed by atoms with Crippen LogP contribution in [-0.2, 0) is 16.1 Å². The predicted octanol–water partition coefficient (Wildman–Crippen LogP) is 2.94. The van der Waals surface area contributed by atoms with Crippen molar-refractivity contribution in [3.63, 3.8) is 0 Å². The van der Waals surface area contributed by atoms with Crippen molar-refractivity contribution < 1.29 is 14.3 Å². The summed E-state index contributed by atoms with van der Waals surface area (Å²) in [5, 5.41) is 2.99. The van der Waals surface area contributed by atoms with Crippen LogP contribution in [0.5, 0.6) is 0 Å². The number of carbonyl (C=O) groups is 2. The van der Waals surface area contributed by atoms with Crippen LogP contribution in [0.1, 0.15) is 32.8 Å². The van der Waals surface area contributed by atoms with E-state index in [-0.39, 0.29) is 18.0 Å². The van der Waals surface area contributed by atoms with Gasteiger partial charge in [0.15, 0.2) is 0 Å². The number of nitrogens with one attached hydrogen (secondary N) is 1. The van der Waals surface area contributed by atoms with E-state index in [1.807, 2.05) is 29.2 Å². The molecule has 6 heteroatoms. The monoisotopic (exact) mass is 347 g/mol. The van der Waals surface area contributed by atoms with Gasteiger partial charge in [-0.1, -0.05) is 26.0 Å². The Labute approximate surface area is 150 Å². The van der Waals surface area contributed by atoms with E-state index >= 15 is 0 Å². The molecule has 138 valence electrons. The number of urea groups is 1. The molecule has 1 aliphatic rings. The van der Waals surface area contributed by atoms with Gasteiger partial charge in [0.25, 0.3) is 0 Å². The second-order valence-corrected chi connectivity index (χ2v) is 7.06. The molecule has 0 saturated carbocycles. The van der Waals surface area contributed by atoms with E-state index in [1.165, 1.54) is 0 Å². The van der Waals surface area contributed by atoms with Crippen LogP contribution in [0.25, 0.3) is 0 Å². The van der Waals surface area contributed by atoms with Crippen molar-refractivity contribution in [3.05, 3.63) is 29.8 Å². The lowest BCUT2D eigenvalue weighted by atomic mass is 10.0. The zero-order chi connectivity index (χ0) is 18.4. The fourth-order valence-corrected chi connectivity index (χ4v) is 2.99. The number of hydrogen-bond acceptors (Lipinski definition) is 3. The summed E-state index contributed by atoms with van der Waals surface area (Å²) < 4.78 is 5.54. The number of amides is 3. The number of rotatable bonds is 5. The van der Waals surface area contributed by atoms with E-state index in [4.69, 9.17) is 4.74 Å². The Kier molecular flexibility index (Phi) is 6.82. The molecule has 1 saturated heterocycles. The normalized spacial score (nSPS) is 17.5. The molecule has 1 heterocycles. The van der Waals surface area contributed by atoms with Crippen LogP contribution in [0.2, 0.25) is 0 Å². The van der Waals surface area contributed by atoms with Gasteiger partial charge < -0.3 is 19.9 Å². The summed E-state index contributed by atoms with van der Waals surface area (Å²) in [4.78, 5) is 27.6. The SMILES string of the molecule is CC(=O)N(C)Cc1cccc(NC(=O)N2CCOCC2CC(C)C)c1. The molecule has 1 unspecified atom stereocenters. The van der Waals surface area contributed by atoms with Gasteiger partial charge in [0.1, 0.15) is 0 Å². The van der Waals surface area contributed by atoms with Gasteiger partial charge in [-0.3, -0.25) is 4.79 Å². The second-order valence-electron chi connectivity index (χ2n) is 7.06.